The third kappa shape index (κ3) is 2.91. The Balaban J connectivity index is 2.51. The number of amides is 1. The van der Waals surface area contributed by atoms with Crippen LogP contribution in [0.4, 0.5) is 0 Å². The van der Waals surface area contributed by atoms with Crippen LogP contribution in [0.5, 0.6) is 0 Å². The van der Waals surface area contributed by atoms with Gasteiger partial charge in [-0.05, 0) is 18.9 Å². The van der Waals surface area contributed by atoms with E-state index in [-0.39, 0.29) is 0 Å². The second-order valence-corrected chi connectivity index (χ2v) is 3.20. The molecule has 0 saturated heterocycles. The van der Waals surface area contributed by atoms with Crippen LogP contribution >= 0.6 is 0 Å². The van der Waals surface area contributed by atoms with E-state index in [9.17, 15) is 4.79 Å². The largest absolute Gasteiger partial charge is 0.512 e. The van der Waals surface area contributed by atoms with E-state index in [1.807, 2.05) is 0 Å². The average molecular weight is 182 g/mol. The molecule has 1 aliphatic carbocycles. The molecule has 0 fully saturated rings. The van der Waals surface area contributed by atoms with Gasteiger partial charge in [-0.2, -0.15) is 0 Å². The summed E-state index contributed by atoms with van der Waals surface area (Å²) < 4.78 is 0. The van der Waals surface area contributed by atoms with Crippen molar-refractivity contribution in [3.8, 4) is 0 Å². The smallest absolute Gasteiger partial charge is 0.234 e. The highest BCUT2D eigenvalue weighted by Crippen LogP contribution is 2.19. The van der Waals surface area contributed by atoms with Gasteiger partial charge in [-0.1, -0.05) is 11.6 Å². The van der Waals surface area contributed by atoms with Crippen molar-refractivity contribution in [1.82, 2.24) is 0 Å². The van der Waals surface area contributed by atoms with Gasteiger partial charge >= 0.3 is 0 Å². The maximum absolute atomic E-state index is 10.6. The SMILES string of the molecule is NC(=O)C(N)CC1=CC=C(O)CC1. The van der Waals surface area contributed by atoms with Gasteiger partial charge in [0.05, 0.1) is 11.8 Å². The molecular weight excluding hydrogens is 168 g/mol. The molecule has 1 amide bonds. The normalized spacial score (nSPS) is 18.8. The first-order valence-corrected chi connectivity index (χ1v) is 4.22. The summed E-state index contributed by atoms with van der Waals surface area (Å²) in [5.74, 6) is -0.115. The van der Waals surface area contributed by atoms with Gasteiger partial charge < -0.3 is 16.6 Å². The molecule has 0 radical (unpaired) electrons. The third-order valence-electron chi connectivity index (χ3n) is 2.06. The Labute approximate surface area is 76.9 Å². The third-order valence-corrected chi connectivity index (χ3v) is 2.06. The van der Waals surface area contributed by atoms with Crippen molar-refractivity contribution in [2.24, 2.45) is 11.5 Å². The lowest BCUT2D eigenvalue weighted by Gasteiger charge is -2.13. The van der Waals surface area contributed by atoms with Crippen molar-refractivity contribution in [3.05, 3.63) is 23.5 Å². The number of aliphatic hydroxyl groups is 1. The minimum atomic E-state index is -0.611. The summed E-state index contributed by atoms with van der Waals surface area (Å²) in [7, 11) is 0. The molecule has 1 rings (SSSR count). The van der Waals surface area contributed by atoms with Crippen LogP contribution in [0.25, 0.3) is 0 Å². The highest BCUT2D eigenvalue weighted by atomic mass is 16.3. The molecule has 13 heavy (non-hydrogen) atoms. The fraction of sp³-hybridized carbons (Fsp3) is 0.444. The van der Waals surface area contributed by atoms with Crippen LogP contribution in [0.1, 0.15) is 19.3 Å². The van der Waals surface area contributed by atoms with E-state index in [2.05, 4.69) is 0 Å². The number of primary amides is 1. The zero-order valence-corrected chi connectivity index (χ0v) is 7.36. The molecule has 0 aromatic rings. The highest BCUT2D eigenvalue weighted by Gasteiger charge is 2.13. The molecule has 1 atom stereocenters. The van der Waals surface area contributed by atoms with E-state index in [1.165, 1.54) is 0 Å². The van der Waals surface area contributed by atoms with Crippen molar-refractivity contribution in [2.45, 2.75) is 25.3 Å². The number of hydrogen-bond acceptors (Lipinski definition) is 3. The van der Waals surface area contributed by atoms with Crippen molar-refractivity contribution in [1.29, 1.82) is 0 Å². The number of carbonyl (C=O) groups is 1. The Morgan fingerprint density at radius 2 is 2.23 bits per heavy atom. The van der Waals surface area contributed by atoms with Crippen LogP contribution in [-0.2, 0) is 4.79 Å². The van der Waals surface area contributed by atoms with Crippen molar-refractivity contribution < 1.29 is 9.90 Å². The quantitative estimate of drug-likeness (QED) is 0.588. The number of carbonyl (C=O) groups excluding carboxylic acids is 1. The Hall–Kier alpha value is -1.29. The second kappa shape index (κ2) is 4.09. The highest BCUT2D eigenvalue weighted by molar-refractivity contribution is 5.79. The summed E-state index contributed by atoms with van der Waals surface area (Å²) in [5, 5.41) is 9.06. The molecule has 0 spiro atoms. The first-order chi connectivity index (χ1) is 6.09. The van der Waals surface area contributed by atoms with Gasteiger partial charge in [0.15, 0.2) is 0 Å². The zero-order valence-electron chi connectivity index (χ0n) is 7.36. The molecule has 0 heterocycles. The van der Waals surface area contributed by atoms with E-state index in [0.717, 1.165) is 12.0 Å². The fourth-order valence-corrected chi connectivity index (χ4v) is 1.22. The summed E-state index contributed by atoms with van der Waals surface area (Å²) in [6, 6.07) is -0.611. The topological polar surface area (TPSA) is 89.3 Å². The molecule has 4 heteroatoms. The maximum atomic E-state index is 10.6. The van der Waals surface area contributed by atoms with Crippen LogP contribution < -0.4 is 11.5 Å². The monoisotopic (exact) mass is 182 g/mol. The lowest BCUT2D eigenvalue weighted by molar-refractivity contribution is -0.119. The molecule has 0 aromatic carbocycles. The van der Waals surface area contributed by atoms with Crippen LogP contribution in [0.3, 0.4) is 0 Å². The standard InChI is InChI=1S/C9H14N2O2/c10-8(9(11)13)5-6-1-3-7(12)4-2-6/h1,3,8,12H,2,4-5,10H2,(H2,11,13). The summed E-state index contributed by atoms with van der Waals surface area (Å²) >= 11 is 0. The summed E-state index contributed by atoms with van der Waals surface area (Å²) in [5.41, 5.74) is 11.6. The lowest BCUT2D eigenvalue weighted by Crippen LogP contribution is -2.36. The number of aliphatic hydroxyl groups excluding tert-OH is 1. The van der Waals surface area contributed by atoms with Gasteiger partial charge in [-0.15, -0.1) is 0 Å². The minimum Gasteiger partial charge on any atom is -0.512 e. The molecule has 5 N–H and O–H groups in total. The first-order valence-electron chi connectivity index (χ1n) is 4.22. The molecule has 0 aliphatic heterocycles. The molecule has 1 aliphatic rings. The van der Waals surface area contributed by atoms with Crippen LogP contribution in [0, 0.1) is 0 Å². The van der Waals surface area contributed by atoms with Crippen molar-refractivity contribution in [3.63, 3.8) is 0 Å². The Morgan fingerprint density at radius 1 is 1.54 bits per heavy atom. The van der Waals surface area contributed by atoms with Crippen molar-refractivity contribution >= 4 is 5.91 Å². The van der Waals surface area contributed by atoms with Gasteiger partial charge in [0.25, 0.3) is 0 Å². The van der Waals surface area contributed by atoms with Gasteiger partial charge in [-0.25, -0.2) is 0 Å². The molecular formula is C9H14N2O2. The summed E-state index contributed by atoms with van der Waals surface area (Å²) in [4.78, 5) is 10.6. The average Bonchev–Trinajstić information content (AvgIpc) is 2.08. The van der Waals surface area contributed by atoms with Gasteiger partial charge in [0, 0.05) is 6.42 Å². The van der Waals surface area contributed by atoms with Crippen LogP contribution in [0.2, 0.25) is 0 Å². The summed E-state index contributed by atoms with van der Waals surface area (Å²) in [6.07, 6.45) is 5.29. The summed E-state index contributed by atoms with van der Waals surface area (Å²) in [6.45, 7) is 0. The van der Waals surface area contributed by atoms with Crippen LogP contribution in [0.15, 0.2) is 23.5 Å². The number of nitrogens with two attached hydrogens (primary N) is 2. The Kier molecular flexibility index (Phi) is 3.08. The van der Waals surface area contributed by atoms with E-state index in [4.69, 9.17) is 16.6 Å². The lowest BCUT2D eigenvalue weighted by atomic mass is 9.97. The number of hydrogen-bond donors (Lipinski definition) is 3. The maximum Gasteiger partial charge on any atom is 0.234 e. The van der Waals surface area contributed by atoms with Crippen molar-refractivity contribution in [2.75, 3.05) is 0 Å². The molecule has 0 bridgehead atoms. The van der Waals surface area contributed by atoms with Gasteiger partial charge in [0.1, 0.15) is 0 Å². The molecule has 1 unspecified atom stereocenters. The molecule has 72 valence electrons. The number of allylic oxidation sites excluding steroid dienone is 3. The fourth-order valence-electron chi connectivity index (χ4n) is 1.22. The van der Waals surface area contributed by atoms with Gasteiger partial charge in [0.2, 0.25) is 5.91 Å². The predicted molar refractivity (Wildman–Crippen MR) is 49.8 cm³/mol. The Morgan fingerprint density at radius 3 is 2.69 bits per heavy atom. The van der Waals surface area contributed by atoms with E-state index in [0.29, 0.717) is 18.6 Å². The first kappa shape index (κ1) is 9.80. The number of rotatable bonds is 3. The Bertz CT molecular complexity index is 269. The zero-order chi connectivity index (χ0) is 9.84. The predicted octanol–water partition coefficient (Wildman–Crippen LogP) is 0.351. The van der Waals surface area contributed by atoms with Crippen LogP contribution in [-0.4, -0.2) is 17.1 Å². The van der Waals surface area contributed by atoms with E-state index in [1.54, 1.807) is 12.2 Å². The van der Waals surface area contributed by atoms with Gasteiger partial charge in [-0.3, -0.25) is 4.79 Å². The second-order valence-electron chi connectivity index (χ2n) is 3.20. The molecule has 4 nitrogen and oxygen atoms in total. The molecule has 0 saturated carbocycles. The van der Waals surface area contributed by atoms with E-state index >= 15 is 0 Å². The molecule has 0 aromatic heterocycles. The minimum absolute atomic E-state index is 0.372. The van der Waals surface area contributed by atoms with E-state index < -0.39 is 11.9 Å².